The number of carboxylic acid groups (broad SMARTS) is 1. The predicted octanol–water partition coefficient (Wildman–Crippen LogP) is 2.95. The van der Waals surface area contributed by atoms with Gasteiger partial charge in [-0.05, 0) is 43.7 Å². The van der Waals surface area contributed by atoms with E-state index in [1.807, 2.05) is 19.1 Å². The van der Waals surface area contributed by atoms with Crippen molar-refractivity contribution in [2.75, 3.05) is 13.2 Å². The van der Waals surface area contributed by atoms with E-state index in [1.165, 1.54) is 0 Å². The summed E-state index contributed by atoms with van der Waals surface area (Å²) in [6.07, 6.45) is 2.26. The standard InChI is InChI=1S/C14H20ClNO3/c1-2-4-13(14(17)18)16-9-3-10-19-12-7-5-11(15)6-8-12/h5-8,13,16H,2-4,9-10H2,1H3,(H,17,18). The Morgan fingerprint density at radius 1 is 1.42 bits per heavy atom. The minimum Gasteiger partial charge on any atom is -0.494 e. The van der Waals surface area contributed by atoms with Crippen molar-refractivity contribution in [2.24, 2.45) is 0 Å². The Labute approximate surface area is 118 Å². The number of nitrogens with one attached hydrogen (secondary N) is 1. The molecule has 5 heteroatoms. The smallest absolute Gasteiger partial charge is 0.320 e. The van der Waals surface area contributed by atoms with Gasteiger partial charge in [0.05, 0.1) is 6.61 Å². The van der Waals surface area contributed by atoms with Crippen LogP contribution in [0.25, 0.3) is 0 Å². The number of aliphatic carboxylic acids is 1. The van der Waals surface area contributed by atoms with Crippen LogP contribution in [-0.4, -0.2) is 30.3 Å². The minimum absolute atomic E-state index is 0.458. The Balaban J connectivity index is 2.16. The predicted molar refractivity (Wildman–Crippen MR) is 75.9 cm³/mol. The van der Waals surface area contributed by atoms with Crippen LogP contribution in [0.15, 0.2) is 24.3 Å². The number of ether oxygens (including phenoxy) is 1. The zero-order valence-corrected chi connectivity index (χ0v) is 11.8. The van der Waals surface area contributed by atoms with Gasteiger partial charge in [0.2, 0.25) is 0 Å². The molecule has 19 heavy (non-hydrogen) atoms. The van der Waals surface area contributed by atoms with Crippen LogP contribution in [0.3, 0.4) is 0 Å². The molecule has 106 valence electrons. The molecule has 0 aromatic heterocycles. The molecule has 1 aromatic rings. The van der Waals surface area contributed by atoms with E-state index in [-0.39, 0.29) is 0 Å². The average molecular weight is 286 g/mol. The summed E-state index contributed by atoms with van der Waals surface area (Å²) in [4.78, 5) is 10.9. The molecule has 1 unspecified atom stereocenters. The lowest BCUT2D eigenvalue weighted by atomic mass is 10.1. The highest BCUT2D eigenvalue weighted by molar-refractivity contribution is 6.30. The Kier molecular flexibility index (Phi) is 7.30. The molecule has 0 saturated carbocycles. The average Bonchev–Trinajstić information content (AvgIpc) is 2.39. The molecule has 0 aliphatic heterocycles. The first-order valence-electron chi connectivity index (χ1n) is 6.48. The van der Waals surface area contributed by atoms with Crippen molar-refractivity contribution < 1.29 is 14.6 Å². The van der Waals surface area contributed by atoms with Gasteiger partial charge >= 0.3 is 5.97 Å². The number of hydrogen-bond donors (Lipinski definition) is 2. The van der Waals surface area contributed by atoms with Crippen molar-refractivity contribution in [2.45, 2.75) is 32.2 Å². The van der Waals surface area contributed by atoms with E-state index >= 15 is 0 Å². The fourth-order valence-corrected chi connectivity index (χ4v) is 1.80. The summed E-state index contributed by atoms with van der Waals surface area (Å²) in [5.74, 6) is -0.0202. The van der Waals surface area contributed by atoms with Gasteiger partial charge in [0, 0.05) is 5.02 Å². The minimum atomic E-state index is -0.791. The van der Waals surface area contributed by atoms with Gasteiger partial charge in [-0.3, -0.25) is 4.79 Å². The second kappa shape index (κ2) is 8.77. The van der Waals surface area contributed by atoms with Crippen molar-refractivity contribution in [3.8, 4) is 5.75 Å². The van der Waals surface area contributed by atoms with Crippen LogP contribution in [0.1, 0.15) is 26.2 Å². The molecule has 0 spiro atoms. The summed E-state index contributed by atoms with van der Waals surface area (Å²) >= 11 is 5.77. The van der Waals surface area contributed by atoms with Gasteiger partial charge in [-0.1, -0.05) is 24.9 Å². The summed E-state index contributed by atoms with van der Waals surface area (Å²) in [7, 11) is 0. The largest absolute Gasteiger partial charge is 0.494 e. The summed E-state index contributed by atoms with van der Waals surface area (Å²) < 4.78 is 5.52. The van der Waals surface area contributed by atoms with Crippen molar-refractivity contribution in [1.29, 1.82) is 0 Å². The second-order valence-corrected chi connectivity index (χ2v) is 4.73. The first-order valence-corrected chi connectivity index (χ1v) is 6.86. The molecule has 0 heterocycles. The molecule has 2 N–H and O–H groups in total. The number of carboxylic acids is 1. The maximum atomic E-state index is 10.9. The number of rotatable bonds is 9. The van der Waals surface area contributed by atoms with Crippen molar-refractivity contribution in [1.82, 2.24) is 5.32 Å². The highest BCUT2D eigenvalue weighted by atomic mass is 35.5. The Morgan fingerprint density at radius 2 is 2.11 bits per heavy atom. The zero-order valence-electron chi connectivity index (χ0n) is 11.1. The third-order valence-corrected chi connectivity index (χ3v) is 2.92. The van der Waals surface area contributed by atoms with Crippen LogP contribution in [0.4, 0.5) is 0 Å². The molecule has 1 rings (SSSR count). The molecule has 0 amide bonds. The topological polar surface area (TPSA) is 58.6 Å². The van der Waals surface area contributed by atoms with Gasteiger partial charge in [0.25, 0.3) is 0 Å². The first-order chi connectivity index (χ1) is 9.13. The van der Waals surface area contributed by atoms with E-state index in [2.05, 4.69) is 5.32 Å². The van der Waals surface area contributed by atoms with Crippen LogP contribution < -0.4 is 10.1 Å². The molecule has 1 atom stereocenters. The molecule has 0 radical (unpaired) electrons. The molecule has 0 saturated heterocycles. The molecule has 0 bridgehead atoms. The Hall–Kier alpha value is -1.26. The number of hydrogen-bond acceptors (Lipinski definition) is 3. The van der Waals surface area contributed by atoms with Crippen LogP contribution >= 0.6 is 11.6 Å². The third-order valence-electron chi connectivity index (χ3n) is 2.67. The summed E-state index contributed by atoms with van der Waals surface area (Å²) in [5.41, 5.74) is 0. The highest BCUT2D eigenvalue weighted by Crippen LogP contribution is 2.15. The zero-order chi connectivity index (χ0) is 14.1. The molecule has 1 aromatic carbocycles. The van der Waals surface area contributed by atoms with E-state index in [1.54, 1.807) is 12.1 Å². The normalized spacial score (nSPS) is 12.1. The number of carbonyl (C=O) groups is 1. The lowest BCUT2D eigenvalue weighted by Gasteiger charge is -2.13. The molecular formula is C14H20ClNO3. The summed E-state index contributed by atoms with van der Waals surface area (Å²) in [6.45, 7) is 3.15. The summed E-state index contributed by atoms with van der Waals surface area (Å²) in [6, 6.07) is 6.72. The third kappa shape index (κ3) is 6.45. The van der Waals surface area contributed by atoms with Gasteiger partial charge in [-0.25, -0.2) is 0 Å². The van der Waals surface area contributed by atoms with E-state index in [0.29, 0.717) is 24.6 Å². The van der Waals surface area contributed by atoms with Crippen LogP contribution in [-0.2, 0) is 4.79 Å². The SMILES string of the molecule is CCCC(NCCCOc1ccc(Cl)cc1)C(=O)O. The lowest BCUT2D eigenvalue weighted by molar-refractivity contribution is -0.139. The van der Waals surface area contributed by atoms with Gasteiger partial charge in [0.15, 0.2) is 0 Å². The van der Waals surface area contributed by atoms with Gasteiger partial charge in [-0.2, -0.15) is 0 Å². The maximum absolute atomic E-state index is 10.9. The van der Waals surface area contributed by atoms with Crippen molar-refractivity contribution >= 4 is 17.6 Å². The second-order valence-electron chi connectivity index (χ2n) is 4.29. The van der Waals surface area contributed by atoms with Crippen LogP contribution in [0.2, 0.25) is 5.02 Å². The molecular weight excluding hydrogens is 266 g/mol. The number of benzene rings is 1. The Bertz CT molecular complexity index is 381. The fraction of sp³-hybridized carbons (Fsp3) is 0.500. The quantitative estimate of drug-likeness (QED) is 0.685. The van der Waals surface area contributed by atoms with E-state index in [0.717, 1.165) is 18.6 Å². The van der Waals surface area contributed by atoms with E-state index in [9.17, 15) is 4.79 Å². The summed E-state index contributed by atoms with van der Waals surface area (Å²) in [5, 5.41) is 12.7. The molecule has 0 aliphatic carbocycles. The first kappa shape index (κ1) is 15.8. The Morgan fingerprint density at radius 3 is 2.68 bits per heavy atom. The van der Waals surface area contributed by atoms with E-state index in [4.69, 9.17) is 21.4 Å². The molecule has 0 fully saturated rings. The van der Waals surface area contributed by atoms with Gasteiger partial charge in [0.1, 0.15) is 11.8 Å². The highest BCUT2D eigenvalue weighted by Gasteiger charge is 2.14. The van der Waals surface area contributed by atoms with E-state index < -0.39 is 12.0 Å². The molecule has 0 aliphatic rings. The van der Waals surface area contributed by atoms with Gasteiger partial charge < -0.3 is 15.2 Å². The molecule has 4 nitrogen and oxygen atoms in total. The van der Waals surface area contributed by atoms with Crippen molar-refractivity contribution in [3.63, 3.8) is 0 Å². The fourth-order valence-electron chi connectivity index (χ4n) is 1.67. The van der Waals surface area contributed by atoms with Crippen LogP contribution in [0.5, 0.6) is 5.75 Å². The van der Waals surface area contributed by atoms with Crippen LogP contribution in [0, 0.1) is 0 Å². The number of halogens is 1. The lowest BCUT2D eigenvalue weighted by Crippen LogP contribution is -2.37. The van der Waals surface area contributed by atoms with Crippen molar-refractivity contribution in [3.05, 3.63) is 29.3 Å². The van der Waals surface area contributed by atoms with Gasteiger partial charge in [-0.15, -0.1) is 0 Å². The maximum Gasteiger partial charge on any atom is 0.320 e. The monoisotopic (exact) mass is 285 g/mol.